The Morgan fingerprint density at radius 3 is 2.32 bits per heavy atom. The van der Waals surface area contributed by atoms with E-state index in [9.17, 15) is 9.59 Å². The van der Waals surface area contributed by atoms with E-state index in [1.165, 1.54) is 11.8 Å². The third-order valence-corrected chi connectivity index (χ3v) is 4.27. The second kappa shape index (κ2) is 9.53. The SMILES string of the molecule is Cc1ccc([C@@H](NCC(=O)NC(=O)NCc2ccco2)c2ccccc2)cc1. The van der Waals surface area contributed by atoms with E-state index < -0.39 is 11.9 Å². The molecule has 3 amide bonds. The van der Waals surface area contributed by atoms with Gasteiger partial charge in [-0.2, -0.15) is 0 Å². The number of amides is 3. The third kappa shape index (κ3) is 5.56. The largest absolute Gasteiger partial charge is 0.467 e. The highest BCUT2D eigenvalue weighted by molar-refractivity contribution is 5.95. The number of hydrogen-bond acceptors (Lipinski definition) is 4. The van der Waals surface area contributed by atoms with Crippen molar-refractivity contribution in [1.82, 2.24) is 16.0 Å². The molecule has 144 valence electrons. The van der Waals surface area contributed by atoms with E-state index >= 15 is 0 Å². The fourth-order valence-electron chi connectivity index (χ4n) is 2.82. The summed E-state index contributed by atoms with van der Waals surface area (Å²) in [6.07, 6.45) is 1.53. The number of urea groups is 1. The van der Waals surface area contributed by atoms with Gasteiger partial charge in [0.25, 0.3) is 0 Å². The van der Waals surface area contributed by atoms with E-state index in [1.807, 2.05) is 61.5 Å². The lowest BCUT2D eigenvalue weighted by Gasteiger charge is -2.20. The molecule has 3 rings (SSSR count). The lowest BCUT2D eigenvalue weighted by atomic mass is 9.98. The normalized spacial score (nSPS) is 11.6. The number of rotatable bonds is 7. The minimum absolute atomic E-state index is 0.00160. The van der Waals surface area contributed by atoms with Crippen LogP contribution in [0.1, 0.15) is 28.5 Å². The summed E-state index contributed by atoms with van der Waals surface area (Å²) < 4.78 is 5.13. The van der Waals surface area contributed by atoms with Gasteiger partial charge in [0, 0.05) is 0 Å². The zero-order valence-corrected chi connectivity index (χ0v) is 15.6. The summed E-state index contributed by atoms with van der Waals surface area (Å²) in [5.74, 6) is 0.203. The van der Waals surface area contributed by atoms with Crippen LogP contribution in [-0.4, -0.2) is 18.5 Å². The molecule has 1 aromatic heterocycles. The molecule has 0 aliphatic heterocycles. The van der Waals surface area contributed by atoms with E-state index in [2.05, 4.69) is 16.0 Å². The smallest absolute Gasteiger partial charge is 0.321 e. The van der Waals surface area contributed by atoms with Gasteiger partial charge in [-0.3, -0.25) is 15.4 Å². The quantitative estimate of drug-likeness (QED) is 0.590. The number of imide groups is 1. The van der Waals surface area contributed by atoms with Gasteiger partial charge < -0.3 is 9.73 Å². The Labute approximate surface area is 164 Å². The van der Waals surface area contributed by atoms with Crippen LogP contribution in [0.3, 0.4) is 0 Å². The molecule has 6 nitrogen and oxygen atoms in total. The first-order valence-corrected chi connectivity index (χ1v) is 9.07. The van der Waals surface area contributed by atoms with Crippen molar-refractivity contribution in [3.63, 3.8) is 0 Å². The van der Waals surface area contributed by atoms with Crippen molar-refractivity contribution in [2.45, 2.75) is 19.5 Å². The summed E-state index contributed by atoms with van der Waals surface area (Å²) in [7, 11) is 0. The van der Waals surface area contributed by atoms with Crippen LogP contribution in [-0.2, 0) is 11.3 Å². The maximum absolute atomic E-state index is 12.2. The molecule has 3 aromatic rings. The zero-order valence-electron chi connectivity index (χ0n) is 15.6. The van der Waals surface area contributed by atoms with Gasteiger partial charge in [-0.1, -0.05) is 60.2 Å². The minimum atomic E-state index is -0.560. The third-order valence-electron chi connectivity index (χ3n) is 4.27. The average Bonchev–Trinajstić information content (AvgIpc) is 3.22. The minimum Gasteiger partial charge on any atom is -0.467 e. The summed E-state index contributed by atoms with van der Waals surface area (Å²) in [4.78, 5) is 24.0. The van der Waals surface area contributed by atoms with Crippen molar-refractivity contribution in [2.75, 3.05) is 6.54 Å². The summed E-state index contributed by atoms with van der Waals surface area (Å²) in [5.41, 5.74) is 3.26. The number of aryl methyl sites for hydroxylation is 1. The molecular formula is C22H23N3O3. The van der Waals surface area contributed by atoms with Crippen LogP contribution in [0, 0.1) is 6.92 Å². The van der Waals surface area contributed by atoms with Gasteiger partial charge in [-0.05, 0) is 30.2 Å². The van der Waals surface area contributed by atoms with Crippen molar-refractivity contribution >= 4 is 11.9 Å². The number of hydrogen-bond donors (Lipinski definition) is 3. The summed E-state index contributed by atoms with van der Waals surface area (Å²) >= 11 is 0. The predicted octanol–water partition coefficient (Wildman–Crippen LogP) is 3.29. The first kappa shape index (κ1) is 19.4. The van der Waals surface area contributed by atoms with Gasteiger partial charge in [-0.25, -0.2) is 4.79 Å². The maximum atomic E-state index is 12.2. The van der Waals surface area contributed by atoms with Gasteiger partial charge in [0.05, 0.1) is 25.4 Å². The monoisotopic (exact) mass is 377 g/mol. The number of carbonyl (C=O) groups is 2. The standard InChI is InChI=1S/C22H23N3O3/c1-16-9-11-18(12-10-16)21(17-6-3-2-4-7-17)23-15-20(26)25-22(27)24-14-19-8-5-13-28-19/h2-13,21,23H,14-15H2,1H3,(H2,24,25,26,27)/t21-/m0/s1. The van der Waals surface area contributed by atoms with E-state index in [4.69, 9.17) is 4.42 Å². The molecule has 6 heteroatoms. The first-order valence-electron chi connectivity index (χ1n) is 9.07. The van der Waals surface area contributed by atoms with Gasteiger partial charge in [-0.15, -0.1) is 0 Å². The fraction of sp³-hybridized carbons (Fsp3) is 0.182. The summed E-state index contributed by atoms with van der Waals surface area (Å²) in [6.45, 7) is 2.25. The van der Waals surface area contributed by atoms with E-state index in [1.54, 1.807) is 12.1 Å². The van der Waals surface area contributed by atoms with Gasteiger partial charge in [0.1, 0.15) is 5.76 Å². The Kier molecular flexibility index (Phi) is 6.59. The molecule has 0 aliphatic carbocycles. The molecule has 0 saturated heterocycles. The highest BCUT2D eigenvalue weighted by atomic mass is 16.3. The Morgan fingerprint density at radius 2 is 1.64 bits per heavy atom. The molecule has 0 saturated carbocycles. The van der Waals surface area contributed by atoms with Crippen molar-refractivity contribution in [1.29, 1.82) is 0 Å². The van der Waals surface area contributed by atoms with Crippen molar-refractivity contribution in [2.24, 2.45) is 0 Å². The van der Waals surface area contributed by atoms with E-state index in [0.29, 0.717) is 5.76 Å². The molecule has 0 unspecified atom stereocenters. The van der Waals surface area contributed by atoms with Crippen molar-refractivity contribution < 1.29 is 14.0 Å². The van der Waals surface area contributed by atoms with Crippen LogP contribution < -0.4 is 16.0 Å². The molecule has 28 heavy (non-hydrogen) atoms. The second-order valence-electron chi connectivity index (χ2n) is 6.45. The summed E-state index contributed by atoms with van der Waals surface area (Å²) in [6, 6.07) is 20.8. The topological polar surface area (TPSA) is 83.4 Å². The van der Waals surface area contributed by atoms with Gasteiger partial charge in [0.2, 0.25) is 5.91 Å². The maximum Gasteiger partial charge on any atom is 0.321 e. The Balaban J connectivity index is 1.57. The molecular weight excluding hydrogens is 354 g/mol. The highest BCUT2D eigenvalue weighted by Gasteiger charge is 2.16. The zero-order chi connectivity index (χ0) is 19.8. The molecule has 0 bridgehead atoms. The number of benzene rings is 2. The number of nitrogens with one attached hydrogen (secondary N) is 3. The molecule has 0 fully saturated rings. The average molecular weight is 377 g/mol. The molecule has 1 heterocycles. The van der Waals surface area contributed by atoms with Crippen LogP contribution in [0.2, 0.25) is 0 Å². The lowest BCUT2D eigenvalue weighted by Crippen LogP contribution is -2.43. The predicted molar refractivity (Wildman–Crippen MR) is 107 cm³/mol. The van der Waals surface area contributed by atoms with Gasteiger partial charge >= 0.3 is 6.03 Å². The molecule has 0 radical (unpaired) electrons. The highest BCUT2D eigenvalue weighted by Crippen LogP contribution is 2.22. The van der Waals surface area contributed by atoms with Crippen LogP contribution in [0.15, 0.2) is 77.4 Å². The van der Waals surface area contributed by atoms with Crippen LogP contribution in [0.5, 0.6) is 0 Å². The molecule has 0 spiro atoms. The Morgan fingerprint density at radius 1 is 0.929 bits per heavy atom. The molecule has 2 aromatic carbocycles. The van der Waals surface area contributed by atoms with Crippen molar-refractivity contribution in [3.05, 3.63) is 95.4 Å². The lowest BCUT2D eigenvalue weighted by molar-refractivity contribution is -0.119. The molecule has 3 N–H and O–H groups in total. The second-order valence-corrected chi connectivity index (χ2v) is 6.45. The van der Waals surface area contributed by atoms with Crippen molar-refractivity contribution in [3.8, 4) is 0 Å². The number of furan rings is 1. The van der Waals surface area contributed by atoms with Crippen LogP contribution in [0.25, 0.3) is 0 Å². The fourth-order valence-corrected chi connectivity index (χ4v) is 2.82. The van der Waals surface area contributed by atoms with Crippen LogP contribution >= 0.6 is 0 Å². The Hall–Kier alpha value is -3.38. The van der Waals surface area contributed by atoms with E-state index in [-0.39, 0.29) is 19.1 Å². The molecule has 1 atom stereocenters. The van der Waals surface area contributed by atoms with E-state index in [0.717, 1.165) is 11.1 Å². The summed E-state index contributed by atoms with van der Waals surface area (Å²) in [5, 5.41) is 8.13. The van der Waals surface area contributed by atoms with Crippen LogP contribution in [0.4, 0.5) is 4.79 Å². The molecule has 0 aliphatic rings. The Bertz CT molecular complexity index is 891. The number of carbonyl (C=O) groups excluding carboxylic acids is 2. The first-order chi connectivity index (χ1) is 13.6. The van der Waals surface area contributed by atoms with Gasteiger partial charge in [0.15, 0.2) is 0 Å².